The van der Waals surface area contributed by atoms with E-state index in [0.717, 1.165) is 0 Å². The average molecular weight is 264 g/mol. The van der Waals surface area contributed by atoms with Gasteiger partial charge in [-0.2, -0.15) is 12.7 Å². The molecule has 0 bridgehead atoms. The first-order valence-electron chi connectivity index (χ1n) is 5.55. The summed E-state index contributed by atoms with van der Waals surface area (Å²) in [5.41, 5.74) is -0.712. The third kappa shape index (κ3) is 4.16. The molecule has 2 unspecified atom stereocenters. The molecule has 17 heavy (non-hydrogen) atoms. The largest absolute Gasteiger partial charge is 0.443 e. The van der Waals surface area contributed by atoms with Gasteiger partial charge in [0, 0.05) is 12.6 Å². The van der Waals surface area contributed by atoms with Crippen molar-refractivity contribution in [2.45, 2.75) is 46.3 Å². The van der Waals surface area contributed by atoms with Crippen molar-refractivity contribution in [1.29, 1.82) is 0 Å². The van der Waals surface area contributed by atoms with Crippen molar-refractivity contribution in [3.8, 4) is 0 Å². The Balaban J connectivity index is 2.55. The Labute approximate surface area is 102 Å². The first-order valence-corrected chi connectivity index (χ1v) is 6.99. The molecule has 1 N–H and O–H groups in total. The standard InChI is InChI=1S/C10H20N2O4S/c1-7(2)8-6-12(8)17(14,15)11-9(13)16-10(3,4)5/h7-8H,6H2,1-5H3,(H,11,13). The lowest BCUT2D eigenvalue weighted by Crippen LogP contribution is -2.40. The summed E-state index contributed by atoms with van der Waals surface area (Å²) in [6.07, 6.45) is -0.938. The molecule has 0 aromatic rings. The van der Waals surface area contributed by atoms with Gasteiger partial charge in [-0.25, -0.2) is 9.52 Å². The number of hydrogen-bond donors (Lipinski definition) is 1. The zero-order chi connectivity index (χ0) is 13.4. The number of ether oxygens (including phenoxy) is 1. The summed E-state index contributed by atoms with van der Waals surface area (Å²) < 4.78 is 31.5. The molecule has 7 heteroatoms. The van der Waals surface area contributed by atoms with Crippen LogP contribution in [-0.4, -0.2) is 37.0 Å². The van der Waals surface area contributed by atoms with Crippen molar-refractivity contribution in [3.05, 3.63) is 0 Å². The molecule has 2 atom stereocenters. The van der Waals surface area contributed by atoms with Crippen LogP contribution in [0.15, 0.2) is 0 Å². The fourth-order valence-electron chi connectivity index (χ4n) is 1.42. The topological polar surface area (TPSA) is 75.5 Å². The maximum absolute atomic E-state index is 11.7. The highest BCUT2D eigenvalue weighted by molar-refractivity contribution is 7.88. The lowest BCUT2D eigenvalue weighted by atomic mass is 10.1. The SMILES string of the molecule is CC(C)C1CN1S(=O)(=O)NC(=O)OC(C)(C)C. The summed E-state index contributed by atoms with van der Waals surface area (Å²) in [5, 5.41) is 0. The molecule has 1 aliphatic rings. The molecule has 1 saturated heterocycles. The van der Waals surface area contributed by atoms with E-state index in [1.54, 1.807) is 20.8 Å². The zero-order valence-electron chi connectivity index (χ0n) is 10.9. The summed E-state index contributed by atoms with van der Waals surface area (Å²) in [6.45, 7) is 9.35. The van der Waals surface area contributed by atoms with Crippen molar-refractivity contribution < 1.29 is 17.9 Å². The van der Waals surface area contributed by atoms with Gasteiger partial charge in [-0.05, 0) is 26.7 Å². The van der Waals surface area contributed by atoms with E-state index in [0.29, 0.717) is 6.54 Å². The highest BCUT2D eigenvalue weighted by atomic mass is 32.2. The van der Waals surface area contributed by atoms with Crippen LogP contribution in [0, 0.1) is 5.92 Å². The Kier molecular flexibility index (Phi) is 3.73. The van der Waals surface area contributed by atoms with Gasteiger partial charge in [-0.3, -0.25) is 0 Å². The van der Waals surface area contributed by atoms with Crippen molar-refractivity contribution >= 4 is 16.3 Å². The summed E-state index contributed by atoms with van der Waals surface area (Å²) >= 11 is 0. The molecular weight excluding hydrogens is 244 g/mol. The number of rotatable bonds is 3. The Bertz CT molecular complexity index is 397. The second-order valence-corrected chi connectivity index (χ2v) is 7.11. The van der Waals surface area contributed by atoms with Crippen LogP contribution in [0.4, 0.5) is 4.79 Å². The molecule has 0 aromatic heterocycles. The minimum absolute atomic E-state index is 0.0186. The number of carbonyl (C=O) groups is 1. The highest BCUT2D eigenvalue weighted by Gasteiger charge is 2.46. The fourth-order valence-corrected chi connectivity index (χ4v) is 2.74. The van der Waals surface area contributed by atoms with E-state index in [-0.39, 0.29) is 12.0 Å². The van der Waals surface area contributed by atoms with Crippen LogP contribution in [-0.2, 0) is 14.9 Å². The van der Waals surface area contributed by atoms with Gasteiger partial charge in [0.2, 0.25) is 0 Å². The minimum atomic E-state index is -3.74. The first-order chi connectivity index (χ1) is 7.53. The second kappa shape index (κ2) is 4.45. The number of carbonyl (C=O) groups excluding carboxylic acids is 1. The summed E-state index contributed by atoms with van der Waals surface area (Å²) in [7, 11) is -3.74. The van der Waals surface area contributed by atoms with Gasteiger partial charge in [0.15, 0.2) is 0 Å². The van der Waals surface area contributed by atoms with Crippen molar-refractivity contribution in [1.82, 2.24) is 9.03 Å². The fraction of sp³-hybridized carbons (Fsp3) is 0.900. The van der Waals surface area contributed by atoms with E-state index in [9.17, 15) is 13.2 Å². The Hall–Kier alpha value is -0.820. The summed E-state index contributed by atoms with van der Waals surface area (Å²) in [4.78, 5) is 11.3. The average Bonchev–Trinajstić information content (AvgIpc) is 2.75. The number of amides is 1. The molecule has 0 radical (unpaired) electrons. The van der Waals surface area contributed by atoms with Crippen molar-refractivity contribution in [2.24, 2.45) is 5.92 Å². The van der Waals surface area contributed by atoms with Crippen LogP contribution in [0.1, 0.15) is 34.6 Å². The molecule has 1 aliphatic heterocycles. The molecular formula is C10H20N2O4S. The van der Waals surface area contributed by atoms with E-state index in [2.05, 4.69) is 0 Å². The third-order valence-corrected chi connectivity index (χ3v) is 3.75. The Morgan fingerprint density at radius 2 is 1.94 bits per heavy atom. The molecule has 0 aliphatic carbocycles. The van der Waals surface area contributed by atoms with E-state index in [4.69, 9.17) is 4.74 Å². The van der Waals surface area contributed by atoms with Gasteiger partial charge in [0.25, 0.3) is 0 Å². The van der Waals surface area contributed by atoms with Crippen molar-refractivity contribution in [3.63, 3.8) is 0 Å². The van der Waals surface area contributed by atoms with Crippen molar-refractivity contribution in [2.75, 3.05) is 6.54 Å². The molecule has 1 amide bonds. The van der Waals surface area contributed by atoms with Crippen LogP contribution in [0.25, 0.3) is 0 Å². The Morgan fingerprint density at radius 1 is 1.41 bits per heavy atom. The van der Waals surface area contributed by atoms with Crippen LogP contribution in [0.2, 0.25) is 0 Å². The lowest BCUT2D eigenvalue weighted by molar-refractivity contribution is 0.0568. The maximum atomic E-state index is 11.7. The van der Waals surface area contributed by atoms with E-state index in [1.807, 2.05) is 18.6 Å². The highest BCUT2D eigenvalue weighted by Crippen LogP contribution is 2.28. The normalized spacial score (nSPS) is 24.6. The van der Waals surface area contributed by atoms with Gasteiger partial charge in [-0.15, -0.1) is 0 Å². The number of nitrogens with one attached hydrogen (secondary N) is 1. The van der Waals surface area contributed by atoms with Gasteiger partial charge >= 0.3 is 16.3 Å². The molecule has 0 aromatic carbocycles. The molecule has 100 valence electrons. The second-order valence-electron chi connectivity index (χ2n) is 5.49. The number of nitrogens with zero attached hydrogens (tertiary/aromatic N) is 1. The van der Waals surface area contributed by atoms with Gasteiger partial charge < -0.3 is 4.74 Å². The smallest absolute Gasteiger partial charge is 0.422 e. The first kappa shape index (κ1) is 14.2. The summed E-state index contributed by atoms with van der Waals surface area (Å²) in [5.74, 6) is 0.241. The van der Waals surface area contributed by atoms with Crippen LogP contribution in [0.5, 0.6) is 0 Å². The molecule has 6 nitrogen and oxygen atoms in total. The third-order valence-electron chi connectivity index (χ3n) is 2.29. The van der Waals surface area contributed by atoms with Crippen LogP contribution >= 0.6 is 0 Å². The van der Waals surface area contributed by atoms with Crippen LogP contribution in [0.3, 0.4) is 0 Å². The van der Waals surface area contributed by atoms with E-state index in [1.165, 1.54) is 4.31 Å². The van der Waals surface area contributed by atoms with Crippen LogP contribution < -0.4 is 4.72 Å². The number of hydrogen-bond acceptors (Lipinski definition) is 4. The molecule has 0 spiro atoms. The van der Waals surface area contributed by atoms with Gasteiger partial charge in [0.1, 0.15) is 5.60 Å². The minimum Gasteiger partial charge on any atom is -0.443 e. The molecule has 1 fully saturated rings. The maximum Gasteiger partial charge on any atom is 0.422 e. The molecule has 1 rings (SSSR count). The van der Waals surface area contributed by atoms with E-state index >= 15 is 0 Å². The quantitative estimate of drug-likeness (QED) is 0.774. The van der Waals surface area contributed by atoms with Gasteiger partial charge in [0.05, 0.1) is 0 Å². The predicted octanol–water partition coefficient (Wildman–Crippen LogP) is 1.10. The monoisotopic (exact) mass is 264 g/mol. The molecule has 1 heterocycles. The van der Waals surface area contributed by atoms with E-state index < -0.39 is 21.9 Å². The Morgan fingerprint density at radius 3 is 2.29 bits per heavy atom. The summed E-state index contributed by atoms with van der Waals surface area (Å²) in [6, 6.07) is -0.0186. The zero-order valence-corrected chi connectivity index (χ0v) is 11.7. The van der Waals surface area contributed by atoms with Gasteiger partial charge in [-0.1, -0.05) is 13.8 Å². The predicted molar refractivity (Wildman–Crippen MR) is 63.6 cm³/mol. The lowest BCUT2D eigenvalue weighted by Gasteiger charge is -2.19. The molecule has 0 saturated carbocycles.